The lowest BCUT2D eigenvalue weighted by molar-refractivity contribution is -0.143. The second-order valence-corrected chi connectivity index (χ2v) is 6.85. The molecule has 0 spiro atoms. The van der Waals surface area contributed by atoms with Crippen LogP contribution in [-0.4, -0.2) is 37.1 Å². The number of methoxy groups -OCH3 is 1. The fourth-order valence-electron chi connectivity index (χ4n) is 1.88. The van der Waals surface area contributed by atoms with E-state index in [1.807, 2.05) is 0 Å². The molecule has 0 aliphatic heterocycles. The number of carbonyl (C=O) groups excluding carboxylic acids is 3. The Balaban J connectivity index is 2.91. The zero-order chi connectivity index (χ0) is 17.6. The van der Waals surface area contributed by atoms with Gasteiger partial charge in [-0.25, -0.2) is 9.59 Å². The molecule has 6 nitrogen and oxygen atoms in total. The largest absolute Gasteiger partial charge is 0.467 e. The molecule has 0 unspecified atom stereocenters. The van der Waals surface area contributed by atoms with Crippen molar-refractivity contribution in [3.63, 3.8) is 0 Å². The van der Waals surface area contributed by atoms with E-state index in [0.717, 1.165) is 0 Å². The number of hydrogen-bond acceptors (Lipinski definition) is 5. The molecule has 1 rings (SSSR count). The van der Waals surface area contributed by atoms with Gasteiger partial charge in [0.1, 0.15) is 17.9 Å². The first-order valence-electron chi connectivity index (χ1n) is 6.96. The summed E-state index contributed by atoms with van der Waals surface area (Å²) in [6.45, 7) is 5.18. The first-order chi connectivity index (χ1) is 10.6. The molecule has 0 saturated carbocycles. The molecular weight excluding hydrogens is 366 g/mol. The van der Waals surface area contributed by atoms with Gasteiger partial charge in [-0.2, -0.15) is 0 Å². The third-order valence-corrected chi connectivity index (χ3v) is 3.19. The van der Waals surface area contributed by atoms with Crippen molar-refractivity contribution in [1.82, 2.24) is 5.32 Å². The van der Waals surface area contributed by atoms with Crippen LogP contribution in [0.5, 0.6) is 0 Å². The predicted molar refractivity (Wildman–Crippen MR) is 88.4 cm³/mol. The van der Waals surface area contributed by atoms with E-state index in [1.54, 1.807) is 39.0 Å². The molecule has 126 valence electrons. The van der Waals surface area contributed by atoms with Gasteiger partial charge in [-0.05, 0) is 44.5 Å². The van der Waals surface area contributed by atoms with Gasteiger partial charge < -0.3 is 14.8 Å². The van der Waals surface area contributed by atoms with Gasteiger partial charge in [0.15, 0.2) is 0 Å². The average molecular weight is 386 g/mol. The van der Waals surface area contributed by atoms with Gasteiger partial charge in [0, 0.05) is 16.5 Å². The van der Waals surface area contributed by atoms with Crippen molar-refractivity contribution < 1.29 is 23.9 Å². The van der Waals surface area contributed by atoms with Crippen LogP contribution in [0.25, 0.3) is 0 Å². The summed E-state index contributed by atoms with van der Waals surface area (Å²) in [6.07, 6.45) is 0.174. The number of nitrogens with one attached hydrogen (secondary N) is 1. The van der Waals surface area contributed by atoms with Crippen molar-refractivity contribution in [2.24, 2.45) is 0 Å². The average Bonchev–Trinajstić information content (AvgIpc) is 2.43. The van der Waals surface area contributed by atoms with Gasteiger partial charge in [-0.3, -0.25) is 4.79 Å². The van der Waals surface area contributed by atoms with Crippen molar-refractivity contribution >= 4 is 34.3 Å². The summed E-state index contributed by atoms with van der Waals surface area (Å²) in [5, 5.41) is 2.49. The number of rotatable bonds is 5. The second kappa shape index (κ2) is 8.10. The first kappa shape index (κ1) is 19.2. The molecule has 0 heterocycles. The molecule has 1 amide bonds. The lowest BCUT2D eigenvalue weighted by atomic mass is 10.0. The van der Waals surface area contributed by atoms with Crippen LogP contribution in [-0.2, 0) is 20.7 Å². The summed E-state index contributed by atoms with van der Waals surface area (Å²) < 4.78 is 10.6. The standard InChI is InChI=1S/C16H20BrNO5/c1-16(2,3)23-15(21)18-13(14(20)22-4)8-10-5-11(9-19)7-12(17)6-10/h5-7,9,13H,8H2,1-4H3,(H,18,21)/t13-/m0/s1. The minimum atomic E-state index is -0.913. The molecule has 0 aliphatic rings. The Morgan fingerprint density at radius 3 is 2.48 bits per heavy atom. The highest BCUT2D eigenvalue weighted by atomic mass is 79.9. The topological polar surface area (TPSA) is 81.7 Å². The van der Waals surface area contributed by atoms with E-state index >= 15 is 0 Å². The Bertz CT molecular complexity index is 595. The van der Waals surface area contributed by atoms with Crippen LogP contribution in [0.3, 0.4) is 0 Å². The highest BCUT2D eigenvalue weighted by molar-refractivity contribution is 9.10. The molecule has 0 bridgehead atoms. The number of aldehydes is 1. The summed E-state index contributed by atoms with van der Waals surface area (Å²) in [4.78, 5) is 34.7. The van der Waals surface area contributed by atoms with Crippen molar-refractivity contribution in [3.8, 4) is 0 Å². The highest BCUT2D eigenvalue weighted by Crippen LogP contribution is 2.17. The first-order valence-corrected chi connectivity index (χ1v) is 7.76. The molecule has 1 aromatic rings. The summed E-state index contributed by atoms with van der Waals surface area (Å²) in [7, 11) is 1.24. The van der Waals surface area contributed by atoms with Crippen LogP contribution in [0, 0.1) is 0 Å². The molecule has 1 atom stereocenters. The summed E-state index contributed by atoms with van der Waals surface area (Å²) in [6, 6.07) is 4.15. The molecule has 0 saturated heterocycles. The second-order valence-electron chi connectivity index (χ2n) is 5.94. The monoisotopic (exact) mass is 385 g/mol. The lowest BCUT2D eigenvalue weighted by Crippen LogP contribution is -2.45. The predicted octanol–water partition coefficient (Wildman–Crippen LogP) is 2.87. The zero-order valence-electron chi connectivity index (χ0n) is 13.5. The summed E-state index contributed by atoms with van der Waals surface area (Å²) in [5.74, 6) is -0.594. The van der Waals surface area contributed by atoms with Crippen LogP contribution in [0.15, 0.2) is 22.7 Å². The zero-order valence-corrected chi connectivity index (χ0v) is 15.1. The third-order valence-electron chi connectivity index (χ3n) is 2.73. The highest BCUT2D eigenvalue weighted by Gasteiger charge is 2.25. The molecule has 1 N–H and O–H groups in total. The quantitative estimate of drug-likeness (QED) is 0.622. The maximum atomic E-state index is 11.9. The van der Waals surface area contributed by atoms with E-state index in [4.69, 9.17) is 9.47 Å². The van der Waals surface area contributed by atoms with Gasteiger partial charge in [-0.15, -0.1) is 0 Å². The number of ether oxygens (including phenoxy) is 2. The van der Waals surface area contributed by atoms with Crippen LogP contribution < -0.4 is 5.32 Å². The van der Waals surface area contributed by atoms with Crippen LogP contribution >= 0.6 is 15.9 Å². The third kappa shape index (κ3) is 6.81. The number of hydrogen-bond donors (Lipinski definition) is 1. The molecule has 23 heavy (non-hydrogen) atoms. The number of alkyl carbamates (subject to hydrolysis) is 1. The van der Waals surface area contributed by atoms with E-state index in [-0.39, 0.29) is 6.42 Å². The van der Waals surface area contributed by atoms with Crippen molar-refractivity contribution in [3.05, 3.63) is 33.8 Å². The van der Waals surface area contributed by atoms with Gasteiger partial charge in [0.05, 0.1) is 7.11 Å². The van der Waals surface area contributed by atoms with Gasteiger partial charge in [0.25, 0.3) is 0 Å². The smallest absolute Gasteiger partial charge is 0.408 e. The summed E-state index contributed by atoms with van der Waals surface area (Å²) in [5.41, 5.74) is 0.494. The number of esters is 1. The summed E-state index contributed by atoms with van der Waals surface area (Å²) >= 11 is 3.30. The molecule has 0 aromatic heterocycles. The van der Waals surface area contributed by atoms with Gasteiger partial charge >= 0.3 is 12.1 Å². The molecule has 0 fully saturated rings. The minimum absolute atomic E-state index is 0.173. The van der Waals surface area contributed by atoms with E-state index in [0.29, 0.717) is 21.9 Å². The molecular formula is C16H20BrNO5. The Morgan fingerprint density at radius 1 is 1.30 bits per heavy atom. The Labute approximate surface area is 143 Å². The van der Waals surface area contributed by atoms with Gasteiger partial charge in [0.2, 0.25) is 0 Å². The van der Waals surface area contributed by atoms with Crippen LogP contribution in [0.1, 0.15) is 36.7 Å². The maximum absolute atomic E-state index is 11.9. The van der Waals surface area contributed by atoms with E-state index in [9.17, 15) is 14.4 Å². The minimum Gasteiger partial charge on any atom is -0.467 e. The molecule has 0 radical (unpaired) electrons. The van der Waals surface area contributed by atoms with E-state index in [1.165, 1.54) is 7.11 Å². The number of amides is 1. The van der Waals surface area contributed by atoms with Crippen molar-refractivity contribution in [1.29, 1.82) is 0 Å². The Morgan fingerprint density at radius 2 is 1.96 bits per heavy atom. The maximum Gasteiger partial charge on any atom is 0.408 e. The number of benzene rings is 1. The Kier molecular flexibility index (Phi) is 6.75. The van der Waals surface area contributed by atoms with Crippen molar-refractivity contribution in [2.75, 3.05) is 7.11 Å². The number of carbonyl (C=O) groups is 3. The lowest BCUT2D eigenvalue weighted by Gasteiger charge is -2.22. The molecule has 7 heteroatoms. The SMILES string of the molecule is COC(=O)[C@H](Cc1cc(Br)cc(C=O)c1)NC(=O)OC(C)(C)C. The van der Waals surface area contributed by atoms with Crippen LogP contribution in [0.4, 0.5) is 4.79 Å². The van der Waals surface area contributed by atoms with Crippen molar-refractivity contribution in [2.45, 2.75) is 38.8 Å². The fraction of sp³-hybridized carbons (Fsp3) is 0.438. The number of halogens is 1. The van der Waals surface area contributed by atoms with E-state index < -0.39 is 23.7 Å². The molecule has 1 aromatic carbocycles. The van der Waals surface area contributed by atoms with Crippen LogP contribution in [0.2, 0.25) is 0 Å². The molecule has 0 aliphatic carbocycles. The van der Waals surface area contributed by atoms with Gasteiger partial charge in [-0.1, -0.05) is 15.9 Å². The normalized spacial score (nSPS) is 12.2. The van der Waals surface area contributed by atoms with E-state index in [2.05, 4.69) is 21.2 Å². The Hall–Kier alpha value is -1.89. The fourth-order valence-corrected chi connectivity index (χ4v) is 2.44.